The van der Waals surface area contributed by atoms with Gasteiger partial charge in [-0.15, -0.1) is 0 Å². The van der Waals surface area contributed by atoms with Gasteiger partial charge in [-0.05, 0) is 12.5 Å². The van der Waals surface area contributed by atoms with E-state index in [1.807, 2.05) is 29.5 Å². The Hall–Kier alpha value is -0.920. The summed E-state index contributed by atoms with van der Waals surface area (Å²) in [5, 5.41) is 10.3. The second kappa shape index (κ2) is 2.85. The van der Waals surface area contributed by atoms with Crippen molar-refractivity contribution >= 4 is 22.6 Å². The molecule has 0 saturated carbocycles. The molecule has 0 fully saturated rings. The third-order valence-electron chi connectivity index (χ3n) is 1.44. The lowest BCUT2D eigenvalue weighted by molar-refractivity contribution is 0.424. The maximum Gasteiger partial charge on any atom is 0.276 e. The number of hydrogen-bond donors (Lipinski definition) is 1. The van der Waals surface area contributed by atoms with Gasteiger partial charge in [0, 0.05) is 22.6 Å². The molecule has 12 heavy (non-hydrogen) atoms. The molecule has 2 heterocycles. The maximum absolute atomic E-state index is 4.95. The molecule has 1 N–H and O–H groups in total. The predicted octanol–water partition coefficient (Wildman–Crippen LogP) is 1.37. The number of aromatic amines is 1. The number of halogens is 1. The van der Waals surface area contributed by atoms with Crippen LogP contribution in [0.25, 0.3) is 11.6 Å². The molecule has 0 radical (unpaired) electrons. The Bertz CT molecular complexity index is 394. The highest BCUT2D eigenvalue weighted by Gasteiger charge is 2.10. The summed E-state index contributed by atoms with van der Waals surface area (Å²) >= 11 is 1.99. The van der Waals surface area contributed by atoms with Crippen molar-refractivity contribution < 1.29 is 4.52 Å². The highest BCUT2D eigenvalue weighted by molar-refractivity contribution is 14.1. The summed E-state index contributed by atoms with van der Waals surface area (Å²) in [6, 6.07) is 0. The molecule has 0 amide bonds. The monoisotopic (exact) mass is 276 g/mol. The number of nitrogens with zero attached hydrogens (tertiary/aromatic N) is 3. The first-order valence-electron chi connectivity index (χ1n) is 3.27. The lowest BCUT2D eigenvalue weighted by atomic mass is 10.3. The lowest BCUT2D eigenvalue weighted by Gasteiger charge is -1.87. The zero-order chi connectivity index (χ0) is 8.55. The molecule has 5 nitrogen and oxygen atoms in total. The van der Waals surface area contributed by atoms with Crippen LogP contribution in [0.5, 0.6) is 0 Å². The third-order valence-corrected chi connectivity index (χ3v) is 1.88. The summed E-state index contributed by atoms with van der Waals surface area (Å²) in [4.78, 5) is 4.05. The fourth-order valence-corrected chi connectivity index (χ4v) is 1.19. The highest BCUT2D eigenvalue weighted by atomic mass is 127. The van der Waals surface area contributed by atoms with E-state index in [1.165, 1.54) is 0 Å². The Morgan fingerprint density at radius 1 is 1.58 bits per heavy atom. The van der Waals surface area contributed by atoms with Gasteiger partial charge < -0.3 is 4.52 Å². The molecule has 2 aromatic heterocycles. The Balaban J connectivity index is 2.50. The molecule has 6 heteroatoms. The SMILES string of the molecule is Cc1cn[nH]c1-c1nc(I)no1. The number of aryl methyl sites for hydroxylation is 1. The van der Waals surface area contributed by atoms with E-state index in [4.69, 9.17) is 4.52 Å². The minimum atomic E-state index is 0.481. The summed E-state index contributed by atoms with van der Waals surface area (Å²) in [7, 11) is 0. The van der Waals surface area contributed by atoms with Crippen molar-refractivity contribution in [3.05, 3.63) is 15.6 Å². The van der Waals surface area contributed by atoms with Crippen LogP contribution in [0, 0.1) is 10.8 Å². The molecule has 0 aliphatic heterocycles. The number of rotatable bonds is 1. The van der Waals surface area contributed by atoms with Gasteiger partial charge in [0.1, 0.15) is 5.69 Å². The number of H-pyrrole nitrogens is 1. The molecular formula is C6H5IN4O. The topological polar surface area (TPSA) is 67.6 Å². The fraction of sp³-hybridized carbons (Fsp3) is 0.167. The van der Waals surface area contributed by atoms with Gasteiger partial charge >= 0.3 is 0 Å². The first-order chi connectivity index (χ1) is 5.77. The Morgan fingerprint density at radius 3 is 2.92 bits per heavy atom. The van der Waals surface area contributed by atoms with E-state index in [9.17, 15) is 0 Å². The van der Waals surface area contributed by atoms with Gasteiger partial charge in [0.2, 0.25) is 3.83 Å². The molecule has 0 bridgehead atoms. The van der Waals surface area contributed by atoms with Gasteiger partial charge in [-0.3, -0.25) is 5.10 Å². The van der Waals surface area contributed by atoms with E-state index in [0.29, 0.717) is 9.72 Å². The number of hydrogen-bond acceptors (Lipinski definition) is 4. The summed E-state index contributed by atoms with van der Waals surface area (Å²) in [6.45, 7) is 1.93. The minimum absolute atomic E-state index is 0.481. The summed E-state index contributed by atoms with van der Waals surface area (Å²) < 4.78 is 5.54. The Labute approximate surface area is 81.7 Å². The molecule has 0 saturated heterocycles. The average Bonchev–Trinajstić information content (AvgIpc) is 2.58. The maximum atomic E-state index is 4.95. The smallest absolute Gasteiger partial charge is 0.276 e. The van der Waals surface area contributed by atoms with Crippen molar-refractivity contribution in [2.24, 2.45) is 0 Å². The van der Waals surface area contributed by atoms with Gasteiger partial charge in [0.15, 0.2) is 0 Å². The standard InChI is InChI=1S/C6H5IN4O/c1-3-2-8-10-4(3)5-9-6(7)11-12-5/h2H,1H3,(H,8,10). The van der Waals surface area contributed by atoms with Crippen LogP contribution in [0.3, 0.4) is 0 Å². The molecule has 0 unspecified atom stereocenters. The molecule has 0 spiro atoms. The van der Waals surface area contributed by atoms with Crippen LogP contribution < -0.4 is 0 Å². The molecule has 2 aromatic rings. The molecule has 0 aromatic carbocycles. The van der Waals surface area contributed by atoms with Crippen molar-refractivity contribution in [2.45, 2.75) is 6.92 Å². The summed E-state index contributed by atoms with van der Waals surface area (Å²) in [5.41, 5.74) is 1.78. The van der Waals surface area contributed by atoms with Crippen molar-refractivity contribution in [1.29, 1.82) is 0 Å². The summed E-state index contributed by atoms with van der Waals surface area (Å²) in [6.07, 6.45) is 1.71. The average molecular weight is 276 g/mol. The van der Waals surface area contributed by atoms with E-state index in [2.05, 4.69) is 20.3 Å². The predicted molar refractivity (Wildman–Crippen MR) is 49.3 cm³/mol. The van der Waals surface area contributed by atoms with Gasteiger partial charge in [0.25, 0.3) is 5.89 Å². The largest absolute Gasteiger partial charge is 0.331 e. The first-order valence-corrected chi connectivity index (χ1v) is 4.35. The second-order valence-electron chi connectivity index (χ2n) is 2.30. The molecule has 2 rings (SSSR count). The van der Waals surface area contributed by atoms with E-state index in [-0.39, 0.29) is 0 Å². The molecule has 0 atom stereocenters. The van der Waals surface area contributed by atoms with Gasteiger partial charge in [-0.25, -0.2) is 0 Å². The molecule has 0 aliphatic rings. The zero-order valence-electron chi connectivity index (χ0n) is 6.21. The first kappa shape index (κ1) is 7.71. The van der Waals surface area contributed by atoms with Crippen LogP contribution in [0.4, 0.5) is 0 Å². The van der Waals surface area contributed by atoms with Gasteiger partial charge in [0.05, 0.1) is 6.20 Å². The van der Waals surface area contributed by atoms with E-state index < -0.39 is 0 Å². The van der Waals surface area contributed by atoms with Crippen LogP contribution in [0.15, 0.2) is 10.7 Å². The number of aromatic nitrogens is 4. The van der Waals surface area contributed by atoms with Crippen LogP contribution in [-0.2, 0) is 0 Å². The van der Waals surface area contributed by atoms with Crippen LogP contribution in [0.2, 0.25) is 0 Å². The summed E-state index contributed by atoms with van der Waals surface area (Å²) in [5.74, 6) is 0.481. The van der Waals surface area contributed by atoms with Gasteiger partial charge in [-0.1, -0.05) is 5.16 Å². The molecule has 62 valence electrons. The normalized spacial score (nSPS) is 10.5. The quantitative estimate of drug-likeness (QED) is 0.799. The van der Waals surface area contributed by atoms with Crippen molar-refractivity contribution in [3.8, 4) is 11.6 Å². The number of nitrogens with one attached hydrogen (secondary N) is 1. The van der Waals surface area contributed by atoms with Crippen LogP contribution in [-0.4, -0.2) is 20.3 Å². The second-order valence-corrected chi connectivity index (χ2v) is 3.26. The van der Waals surface area contributed by atoms with E-state index >= 15 is 0 Å². The highest BCUT2D eigenvalue weighted by Crippen LogP contribution is 2.17. The Kier molecular flexibility index (Phi) is 1.83. The van der Waals surface area contributed by atoms with Crippen molar-refractivity contribution in [1.82, 2.24) is 20.3 Å². The van der Waals surface area contributed by atoms with Crippen LogP contribution in [0.1, 0.15) is 5.56 Å². The van der Waals surface area contributed by atoms with Crippen molar-refractivity contribution in [2.75, 3.05) is 0 Å². The Morgan fingerprint density at radius 2 is 2.42 bits per heavy atom. The fourth-order valence-electron chi connectivity index (χ4n) is 0.870. The van der Waals surface area contributed by atoms with Crippen LogP contribution >= 0.6 is 22.6 Å². The van der Waals surface area contributed by atoms with E-state index in [1.54, 1.807) is 6.20 Å². The third kappa shape index (κ3) is 1.22. The van der Waals surface area contributed by atoms with Crippen molar-refractivity contribution in [3.63, 3.8) is 0 Å². The zero-order valence-corrected chi connectivity index (χ0v) is 8.36. The van der Waals surface area contributed by atoms with Gasteiger partial charge in [-0.2, -0.15) is 10.1 Å². The molecular weight excluding hydrogens is 271 g/mol. The van der Waals surface area contributed by atoms with E-state index in [0.717, 1.165) is 11.3 Å². The molecule has 0 aliphatic carbocycles. The lowest BCUT2D eigenvalue weighted by Crippen LogP contribution is -1.80. The minimum Gasteiger partial charge on any atom is -0.331 e.